The van der Waals surface area contributed by atoms with Crippen LogP contribution in [0.4, 0.5) is 24.5 Å². The quantitative estimate of drug-likeness (QED) is 0.172. The van der Waals surface area contributed by atoms with E-state index in [9.17, 15) is 31.2 Å². The van der Waals surface area contributed by atoms with Crippen molar-refractivity contribution in [1.29, 1.82) is 0 Å². The zero-order valence-corrected chi connectivity index (χ0v) is 24.1. The Morgan fingerprint density at radius 1 is 0.886 bits per heavy atom. The molecule has 2 amide bonds. The molecule has 0 fully saturated rings. The first-order valence-electron chi connectivity index (χ1n) is 13.1. The highest BCUT2D eigenvalue weighted by Gasteiger charge is 2.33. The van der Waals surface area contributed by atoms with Crippen LogP contribution in [0.1, 0.15) is 16.7 Å². The summed E-state index contributed by atoms with van der Waals surface area (Å²) in [5, 5.41) is 6.55. The van der Waals surface area contributed by atoms with Crippen molar-refractivity contribution in [2.75, 3.05) is 22.8 Å². The molecule has 4 aromatic carbocycles. The highest BCUT2D eigenvalue weighted by Crippen LogP contribution is 2.33. The van der Waals surface area contributed by atoms with Crippen LogP contribution >= 0.6 is 0 Å². The van der Waals surface area contributed by atoms with E-state index >= 15 is 0 Å². The van der Waals surface area contributed by atoms with E-state index in [1.54, 1.807) is 42.5 Å². The number of rotatable bonds is 11. The molecule has 4 aromatic rings. The van der Waals surface area contributed by atoms with Crippen LogP contribution in [0.25, 0.3) is 0 Å². The van der Waals surface area contributed by atoms with Crippen LogP contribution in [0.5, 0.6) is 5.75 Å². The topological polar surface area (TPSA) is 117 Å². The van der Waals surface area contributed by atoms with E-state index in [0.29, 0.717) is 27.4 Å². The maximum Gasteiger partial charge on any atom is 0.416 e. The van der Waals surface area contributed by atoms with Crippen LogP contribution in [0.2, 0.25) is 0 Å². The number of hydrazone groups is 1. The SMILES string of the molecule is Cc1ccc(NC(=O)COc2ccc(/C=N\NC(=O)CN(c3cccc(C(F)(F)F)c3)S(=O)(=O)c3ccccc3)cc2)cc1. The molecule has 0 aliphatic carbocycles. The fourth-order valence-electron chi connectivity index (χ4n) is 3.85. The molecule has 0 radical (unpaired) electrons. The van der Waals surface area contributed by atoms with Gasteiger partial charge in [0, 0.05) is 5.69 Å². The number of sulfonamides is 1. The Kier molecular flexibility index (Phi) is 10.0. The number of nitrogens with zero attached hydrogens (tertiary/aromatic N) is 2. The number of carbonyl (C=O) groups excluding carboxylic acids is 2. The summed E-state index contributed by atoms with van der Waals surface area (Å²) in [7, 11) is -4.41. The average molecular weight is 625 g/mol. The molecule has 0 saturated carbocycles. The fraction of sp³-hybridized carbons (Fsp3) is 0.129. The van der Waals surface area contributed by atoms with Crippen molar-refractivity contribution < 1.29 is 35.9 Å². The van der Waals surface area contributed by atoms with E-state index in [4.69, 9.17) is 4.74 Å². The Labute approximate surface area is 252 Å². The number of ether oxygens (including phenoxy) is 1. The van der Waals surface area contributed by atoms with Gasteiger partial charge in [0.25, 0.3) is 21.8 Å². The van der Waals surface area contributed by atoms with Gasteiger partial charge < -0.3 is 10.1 Å². The molecule has 0 aliphatic heterocycles. The number of hydrogen-bond donors (Lipinski definition) is 2. The van der Waals surface area contributed by atoms with Crippen LogP contribution in [0.15, 0.2) is 113 Å². The molecule has 0 aromatic heterocycles. The third kappa shape index (κ3) is 8.67. The lowest BCUT2D eigenvalue weighted by Gasteiger charge is -2.24. The molecule has 0 heterocycles. The lowest BCUT2D eigenvalue weighted by molar-refractivity contribution is -0.137. The Morgan fingerprint density at radius 3 is 2.23 bits per heavy atom. The Hall–Kier alpha value is -5.17. The maximum absolute atomic E-state index is 13.3. The van der Waals surface area contributed by atoms with Gasteiger partial charge in [-0.05, 0) is 79.2 Å². The molecular formula is C31H27F3N4O5S. The number of alkyl halides is 3. The zero-order valence-electron chi connectivity index (χ0n) is 23.3. The minimum atomic E-state index is -4.72. The first kappa shape index (κ1) is 31.8. The third-order valence-electron chi connectivity index (χ3n) is 6.07. The second-order valence-electron chi connectivity index (χ2n) is 9.44. The molecule has 0 aliphatic rings. The normalized spacial score (nSPS) is 11.6. The molecule has 13 heteroatoms. The van der Waals surface area contributed by atoms with E-state index in [-0.39, 0.29) is 23.1 Å². The van der Waals surface area contributed by atoms with Gasteiger partial charge in [0.1, 0.15) is 12.3 Å². The molecule has 4 rings (SSSR count). The van der Waals surface area contributed by atoms with Crippen molar-refractivity contribution in [3.05, 3.63) is 120 Å². The Morgan fingerprint density at radius 2 is 1.57 bits per heavy atom. The number of halogens is 3. The van der Waals surface area contributed by atoms with Gasteiger partial charge in [-0.2, -0.15) is 18.3 Å². The fourth-order valence-corrected chi connectivity index (χ4v) is 5.28. The minimum absolute atomic E-state index is 0.205. The van der Waals surface area contributed by atoms with Crippen molar-refractivity contribution in [3.63, 3.8) is 0 Å². The first-order chi connectivity index (χ1) is 20.9. The number of anilines is 2. The van der Waals surface area contributed by atoms with Crippen molar-refractivity contribution in [2.45, 2.75) is 18.0 Å². The maximum atomic E-state index is 13.3. The minimum Gasteiger partial charge on any atom is -0.484 e. The predicted molar refractivity (Wildman–Crippen MR) is 160 cm³/mol. The van der Waals surface area contributed by atoms with Crippen LogP contribution in [-0.2, 0) is 25.8 Å². The van der Waals surface area contributed by atoms with Crippen LogP contribution in [-0.4, -0.2) is 39.6 Å². The Balaban J connectivity index is 1.38. The number of amides is 2. The molecule has 2 N–H and O–H groups in total. The highest BCUT2D eigenvalue weighted by atomic mass is 32.2. The lowest BCUT2D eigenvalue weighted by Crippen LogP contribution is -2.39. The molecule has 44 heavy (non-hydrogen) atoms. The van der Waals surface area contributed by atoms with Crippen molar-refractivity contribution >= 4 is 39.4 Å². The summed E-state index contributed by atoms with van der Waals surface area (Å²) >= 11 is 0. The number of benzene rings is 4. The Bertz CT molecular complexity index is 1730. The largest absolute Gasteiger partial charge is 0.484 e. The third-order valence-corrected chi connectivity index (χ3v) is 7.86. The highest BCUT2D eigenvalue weighted by molar-refractivity contribution is 7.92. The predicted octanol–water partition coefficient (Wildman–Crippen LogP) is 5.38. The summed E-state index contributed by atoms with van der Waals surface area (Å²) < 4.78 is 72.8. The van der Waals surface area contributed by atoms with Gasteiger partial charge in [-0.1, -0.05) is 42.0 Å². The van der Waals surface area contributed by atoms with Gasteiger partial charge in [0.2, 0.25) is 0 Å². The van der Waals surface area contributed by atoms with E-state index in [2.05, 4.69) is 15.8 Å². The summed E-state index contributed by atoms with van der Waals surface area (Å²) in [6, 6.07) is 24.4. The van der Waals surface area contributed by atoms with Gasteiger partial charge >= 0.3 is 6.18 Å². The van der Waals surface area contributed by atoms with E-state index in [0.717, 1.165) is 17.7 Å². The zero-order chi connectivity index (χ0) is 31.7. The molecule has 0 saturated heterocycles. The molecule has 0 spiro atoms. The average Bonchev–Trinajstić information content (AvgIpc) is 3.00. The van der Waals surface area contributed by atoms with E-state index in [1.165, 1.54) is 36.5 Å². The first-order valence-corrected chi connectivity index (χ1v) is 14.5. The van der Waals surface area contributed by atoms with Crippen LogP contribution in [0, 0.1) is 6.92 Å². The van der Waals surface area contributed by atoms with E-state index < -0.39 is 34.2 Å². The standard InChI is InChI=1S/C31H27F3N4O5S/c1-22-10-14-25(15-11-22)36-30(40)21-43-27-16-12-23(13-17-27)19-35-37-29(39)20-38(44(41,42)28-8-3-2-4-9-28)26-7-5-6-24(18-26)31(32,33)34/h2-19H,20-21H2,1H3,(H,36,40)(H,37,39)/b35-19-. The smallest absolute Gasteiger partial charge is 0.416 e. The molecule has 0 unspecified atom stereocenters. The molecular weight excluding hydrogens is 597 g/mol. The number of hydrogen-bond acceptors (Lipinski definition) is 6. The second-order valence-corrected chi connectivity index (χ2v) is 11.3. The molecule has 9 nitrogen and oxygen atoms in total. The van der Waals surface area contributed by atoms with Crippen molar-refractivity contribution in [1.82, 2.24) is 5.43 Å². The number of carbonyl (C=O) groups is 2. The molecule has 0 atom stereocenters. The van der Waals surface area contributed by atoms with Gasteiger partial charge in [0.15, 0.2) is 6.61 Å². The summed E-state index contributed by atoms with van der Waals surface area (Å²) in [6.45, 7) is 0.883. The van der Waals surface area contributed by atoms with Crippen molar-refractivity contribution in [2.24, 2.45) is 5.10 Å². The summed E-state index contributed by atoms with van der Waals surface area (Å²) in [4.78, 5) is 24.6. The van der Waals surface area contributed by atoms with Gasteiger partial charge in [0.05, 0.1) is 22.4 Å². The van der Waals surface area contributed by atoms with Gasteiger partial charge in [-0.3, -0.25) is 13.9 Å². The number of nitrogens with one attached hydrogen (secondary N) is 2. The van der Waals surface area contributed by atoms with Crippen LogP contribution in [0.3, 0.4) is 0 Å². The summed E-state index contributed by atoms with van der Waals surface area (Å²) in [6.07, 6.45) is -3.44. The summed E-state index contributed by atoms with van der Waals surface area (Å²) in [5.41, 5.74) is 3.04. The van der Waals surface area contributed by atoms with E-state index in [1.807, 2.05) is 19.1 Å². The lowest BCUT2D eigenvalue weighted by atomic mass is 10.2. The van der Waals surface area contributed by atoms with Gasteiger partial charge in [-0.25, -0.2) is 13.8 Å². The van der Waals surface area contributed by atoms with Crippen LogP contribution < -0.4 is 19.8 Å². The second kappa shape index (κ2) is 13.9. The monoisotopic (exact) mass is 624 g/mol. The van der Waals surface area contributed by atoms with Gasteiger partial charge in [-0.15, -0.1) is 0 Å². The number of aryl methyl sites for hydroxylation is 1. The summed E-state index contributed by atoms with van der Waals surface area (Å²) in [5.74, 6) is -0.818. The molecule has 228 valence electrons. The molecule has 0 bridgehead atoms. The van der Waals surface area contributed by atoms with Crippen molar-refractivity contribution in [3.8, 4) is 5.75 Å².